The first-order valence-electron chi connectivity index (χ1n) is 11.8. The van der Waals surface area contributed by atoms with Crippen molar-refractivity contribution in [2.45, 2.75) is 39.3 Å². The fourth-order valence-electron chi connectivity index (χ4n) is 4.90. The van der Waals surface area contributed by atoms with Crippen molar-refractivity contribution in [3.05, 3.63) is 68.8 Å². The molecule has 0 radical (unpaired) electrons. The second-order valence-corrected chi connectivity index (χ2v) is 9.08. The largest absolute Gasteiger partial charge is 0.378 e. The summed E-state index contributed by atoms with van der Waals surface area (Å²) in [6.45, 7) is 8.17. The molecule has 5 rings (SSSR count). The molecule has 2 fully saturated rings. The van der Waals surface area contributed by atoms with Gasteiger partial charge in [0.15, 0.2) is 0 Å². The van der Waals surface area contributed by atoms with Crippen LogP contribution in [0.15, 0.2) is 35.1 Å². The summed E-state index contributed by atoms with van der Waals surface area (Å²) in [6, 6.07) is 9.52. The first-order valence-corrected chi connectivity index (χ1v) is 11.8. The molecule has 2 aliphatic heterocycles. The number of primary amides is 1. The normalized spacial score (nSPS) is 18.2. The maximum absolute atomic E-state index is 13.6. The first kappa shape index (κ1) is 22.6. The van der Waals surface area contributed by atoms with E-state index in [-0.39, 0.29) is 11.7 Å². The number of amides is 1. The number of carbonyl (C=O) groups excluding carboxylic acids is 1. The van der Waals surface area contributed by atoms with Crippen molar-refractivity contribution in [3.63, 3.8) is 0 Å². The van der Waals surface area contributed by atoms with Gasteiger partial charge in [0.05, 0.1) is 30.7 Å². The molecule has 0 bridgehead atoms. The van der Waals surface area contributed by atoms with Crippen LogP contribution in [0, 0.1) is 13.8 Å². The molecular weight excluding hydrogens is 432 g/mol. The fraction of sp³-hybridized carbons (Fsp3) is 0.423. The predicted octanol–water partition coefficient (Wildman–Crippen LogP) is 2.65. The van der Waals surface area contributed by atoms with Crippen LogP contribution in [0.4, 0.5) is 5.69 Å². The Hall–Kier alpha value is -3.23. The number of ether oxygens (including phenoxy) is 2. The van der Waals surface area contributed by atoms with Gasteiger partial charge in [-0.05, 0) is 67.3 Å². The molecule has 1 atom stereocenters. The summed E-state index contributed by atoms with van der Waals surface area (Å²) < 4.78 is 13.0. The highest BCUT2D eigenvalue weighted by atomic mass is 16.5. The third-order valence-electron chi connectivity index (χ3n) is 6.90. The van der Waals surface area contributed by atoms with E-state index in [0.29, 0.717) is 55.1 Å². The van der Waals surface area contributed by atoms with Crippen molar-refractivity contribution in [1.82, 2.24) is 9.55 Å². The monoisotopic (exact) mass is 462 g/mol. The predicted molar refractivity (Wildman–Crippen MR) is 130 cm³/mol. The number of hydrogen-bond donors (Lipinski definition) is 1. The van der Waals surface area contributed by atoms with E-state index in [4.69, 9.17) is 20.2 Å². The van der Waals surface area contributed by atoms with E-state index in [9.17, 15) is 9.59 Å². The number of aryl methyl sites for hydroxylation is 2. The third kappa shape index (κ3) is 4.19. The van der Waals surface area contributed by atoms with Crippen LogP contribution in [0.25, 0.3) is 10.9 Å². The lowest BCUT2D eigenvalue weighted by atomic mass is 9.96. The highest BCUT2D eigenvalue weighted by molar-refractivity contribution is 5.93. The summed E-state index contributed by atoms with van der Waals surface area (Å²) in [7, 11) is 0. The van der Waals surface area contributed by atoms with Gasteiger partial charge in [-0.25, -0.2) is 4.98 Å². The van der Waals surface area contributed by atoms with Crippen molar-refractivity contribution >= 4 is 22.5 Å². The van der Waals surface area contributed by atoms with Crippen LogP contribution in [0.1, 0.15) is 45.4 Å². The zero-order valence-corrected chi connectivity index (χ0v) is 19.7. The molecule has 1 aromatic heterocycles. The summed E-state index contributed by atoms with van der Waals surface area (Å²) in [6.07, 6.45) is 1.34. The zero-order chi connectivity index (χ0) is 23.8. The molecule has 8 heteroatoms. The fourth-order valence-corrected chi connectivity index (χ4v) is 4.90. The second kappa shape index (κ2) is 9.19. The molecule has 178 valence electrons. The number of nitrogens with zero attached hydrogens (tertiary/aromatic N) is 3. The van der Waals surface area contributed by atoms with E-state index >= 15 is 0 Å². The standard InChI is InChI=1S/C26H30N4O4/c1-16-13-18(24(27)31)14-17(2)20(16)5-7-30-25(23-6-10-34-23)28-22-15-19(3-4-21(22)26(30)32)29-8-11-33-12-9-29/h3-4,13-15,23H,5-12H2,1-2H3,(H2,27,31). The van der Waals surface area contributed by atoms with Gasteiger partial charge in [-0.3, -0.25) is 14.2 Å². The molecule has 3 heterocycles. The Morgan fingerprint density at radius 1 is 1.12 bits per heavy atom. The minimum atomic E-state index is -0.437. The van der Waals surface area contributed by atoms with Crippen LogP contribution in [0.2, 0.25) is 0 Å². The van der Waals surface area contributed by atoms with Gasteiger partial charge in [0.1, 0.15) is 11.9 Å². The van der Waals surface area contributed by atoms with Crippen LogP contribution in [0.3, 0.4) is 0 Å². The molecule has 0 saturated carbocycles. The average molecular weight is 463 g/mol. The van der Waals surface area contributed by atoms with Crippen molar-refractivity contribution in [1.29, 1.82) is 0 Å². The zero-order valence-electron chi connectivity index (χ0n) is 19.7. The molecule has 34 heavy (non-hydrogen) atoms. The van der Waals surface area contributed by atoms with Crippen molar-refractivity contribution < 1.29 is 14.3 Å². The number of carbonyl (C=O) groups is 1. The highest BCUT2D eigenvalue weighted by Gasteiger charge is 2.27. The third-order valence-corrected chi connectivity index (χ3v) is 6.90. The molecule has 2 saturated heterocycles. The van der Waals surface area contributed by atoms with Crippen LogP contribution >= 0.6 is 0 Å². The van der Waals surface area contributed by atoms with Crippen molar-refractivity contribution in [3.8, 4) is 0 Å². The Morgan fingerprint density at radius 3 is 2.44 bits per heavy atom. The van der Waals surface area contributed by atoms with Gasteiger partial charge >= 0.3 is 0 Å². The molecule has 0 spiro atoms. The Bertz CT molecular complexity index is 1280. The van der Waals surface area contributed by atoms with Gasteiger partial charge in [0.2, 0.25) is 5.91 Å². The summed E-state index contributed by atoms with van der Waals surface area (Å²) in [5, 5.41) is 0.609. The molecule has 2 aromatic carbocycles. The summed E-state index contributed by atoms with van der Waals surface area (Å²) >= 11 is 0. The quantitative estimate of drug-likeness (QED) is 0.605. The number of hydrogen-bond acceptors (Lipinski definition) is 6. The molecule has 8 nitrogen and oxygen atoms in total. The van der Waals surface area contributed by atoms with E-state index in [2.05, 4.69) is 4.90 Å². The van der Waals surface area contributed by atoms with Gasteiger partial charge in [-0.2, -0.15) is 0 Å². The highest BCUT2D eigenvalue weighted by Crippen LogP contribution is 2.29. The lowest BCUT2D eigenvalue weighted by molar-refractivity contribution is -0.0604. The molecule has 3 aromatic rings. The summed E-state index contributed by atoms with van der Waals surface area (Å²) in [5.74, 6) is 0.250. The Kier molecular flexibility index (Phi) is 6.10. The number of morpholine rings is 1. The first-order chi connectivity index (χ1) is 16.4. The number of fused-ring (bicyclic) bond motifs is 1. The van der Waals surface area contributed by atoms with Gasteiger partial charge in [0, 0.05) is 37.3 Å². The Labute approximate surface area is 198 Å². The van der Waals surface area contributed by atoms with Crippen molar-refractivity contribution in [2.24, 2.45) is 5.73 Å². The Morgan fingerprint density at radius 2 is 1.82 bits per heavy atom. The minimum Gasteiger partial charge on any atom is -0.378 e. The number of rotatable bonds is 6. The minimum absolute atomic E-state index is 0.0481. The van der Waals surface area contributed by atoms with Gasteiger partial charge in [-0.1, -0.05) is 0 Å². The lowest BCUT2D eigenvalue weighted by Gasteiger charge is -2.30. The van der Waals surface area contributed by atoms with Gasteiger partial charge in [0.25, 0.3) is 5.56 Å². The molecule has 2 aliphatic rings. The number of aromatic nitrogens is 2. The van der Waals surface area contributed by atoms with Crippen molar-refractivity contribution in [2.75, 3.05) is 37.8 Å². The maximum Gasteiger partial charge on any atom is 0.261 e. The number of nitrogens with two attached hydrogens (primary N) is 1. The van der Waals surface area contributed by atoms with Crippen LogP contribution < -0.4 is 16.2 Å². The van der Waals surface area contributed by atoms with Gasteiger partial charge in [-0.15, -0.1) is 0 Å². The maximum atomic E-state index is 13.6. The molecule has 1 amide bonds. The summed E-state index contributed by atoms with van der Waals surface area (Å²) in [5.41, 5.74) is 10.8. The van der Waals surface area contributed by atoms with E-state index in [1.807, 2.05) is 44.2 Å². The lowest BCUT2D eigenvalue weighted by Crippen LogP contribution is -2.36. The SMILES string of the molecule is Cc1cc(C(N)=O)cc(C)c1CCn1c(C2CCO2)nc2cc(N3CCOCC3)ccc2c1=O. The smallest absolute Gasteiger partial charge is 0.261 e. The molecule has 0 aliphatic carbocycles. The average Bonchev–Trinajstić information content (AvgIpc) is 2.79. The van der Waals surface area contributed by atoms with Gasteiger partial charge < -0.3 is 20.1 Å². The van der Waals surface area contributed by atoms with E-state index < -0.39 is 5.91 Å². The van der Waals surface area contributed by atoms with E-state index in [0.717, 1.165) is 41.9 Å². The summed E-state index contributed by atoms with van der Waals surface area (Å²) in [4.78, 5) is 32.4. The van der Waals surface area contributed by atoms with Crippen LogP contribution in [-0.2, 0) is 22.4 Å². The van der Waals surface area contributed by atoms with E-state index in [1.165, 1.54) is 0 Å². The van der Waals surface area contributed by atoms with Crippen LogP contribution in [-0.4, -0.2) is 48.4 Å². The Balaban J connectivity index is 1.51. The molecule has 2 N–H and O–H groups in total. The number of benzene rings is 2. The molecular formula is C26H30N4O4. The second-order valence-electron chi connectivity index (χ2n) is 9.08. The van der Waals surface area contributed by atoms with E-state index in [1.54, 1.807) is 4.57 Å². The molecule has 1 unspecified atom stereocenters. The topological polar surface area (TPSA) is 99.7 Å². The van der Waals surface area contributed by atoms with Crippen LogP contribution in [0.5, 0.6) is 0 Å². The number of anilines is 1.